The average Bonchev–Trinajstić information content (AvgIpc) is 2.40. The summed E-state index contributed by atoms with van der Waals surface area (Å²) in [5.74, 6) is 0.0111. The summed E-state index contributed by atoms with van der Waals surface area (Å²) < 4.78 is 4.85. The number of methoxy groups -OCH3 is 1. The zero-order valence-corrected chi connectivity index (χ0v) is 12.5. The molecule has 0 heterocycles. The Bertz CT molecular complexity index is 309. The fourth-order valence-electron chi connectivity index (χ4n) is 1.72. The Morgan fingerprint density at radius 2 is 1.35 bits per heavy atom. The second-order valence-corrected chi connectivity index (χ2v) is 5.10. The van der Waals surface area contributed by atoms with Gasteiger partial charge in [0.2, 0.25) is 0 Å². The number of aliphatic hydroxyl groups excluding tert-OH is 1. The summed E-state index contributed by atoms with van der Waals surface area (Å²) in [7, 11) is 1.59. The smallest absolute Gasteiger partial charge is 0.133 e. The van der Waals surface area contributed by atoms with Crippen molar-refractivity contribution < 1.29 is 24.2 Å². The van der Waals surface area contributed by atoms with Gasteiger partial charge < -0.3 is 9.84 Å². The van der Waals surface area contributed by atoms with Crippen LogP contribution in [0.5, 0.6) is 0 Å². The lowest BCUT2D eigenvalue weighted by Gasteiger charge is -2.03. The molecule has 0 radical (unpaired) electrons. The van der Waals surface area contributed by atoms with E-state index in [1.54, 1.807) is 14.0 Å². The molecule has 116 valence electrons. The molecule has 5 nitrogen and oxygen atoms in total. The molecule has 0 saturated carbocycles. The number of aliphatic hydroxyl groups is 1. The molecule has 1 atom stereocenters. The second-order valence-electron chi connectivity index (χ2n) is 5.10. The third kappa shape index (κ3) is 12.0. The van der Waals surface area contributed by atoms with Gasteiger partial charge in [-0.3, -0.25) is 14.4 Å². The minimum Gasteiger partial charge on any atom is -0.393 e. The van der Waals surface area contributed by atoms with E-state index in [9.17, 15) is 14.4 Å². The predicted molar refractivity (Wildman–Crippen MR) is 75.5 cm³/mol. The molecule has 0 bridgehead atoms. The van der Waals surface area contributed by atoms with Crippen LogP contribution in [0.1, 0.15) is 58.3 Å². The van der Waals surface area contributed by atoms with Crippen LogP contribution in [-0.2, 0) is 19.1 Å². The van der Waals surface area contributed by atoms with Gasteiger partial charge in [-0.05, 0) is 19.8 Å². The van der Waals surface area contributed by atoms with Crippen molar-refractivity contribution in [2.75, 3.05) is 13.7 Å². The lowest BCUT2D eigenvalue weighted by atomic mass is 10.0. The zero-order valence-electron chi connectivity index (χ0n) is 12.5. The monoisotopic (exact) mass is 286 g/mol. The fraction of sp³-hybridized carbons (Fsp3) is 0.800. The Morgan fingerprint density at radius 1 is 0.900 bits per heavy atom. The number of hydrogen-bond donors (Lipinski definition) is 1. The predicted octanol–water partition coefficient (Wildman–Crippen LogP) is 1.84. The first-order valence-electron chi connectivity index (χ1n) is 7.17. The molecule has 0 amide bonds. The molecule has 0 rings (SSSR count). The first-order valence-corrected chi connectivity index (χ1v) is 7.17. The zero-order chi connectivity index (χ0) is 15.4. The number of carbonyl (C=O) groups excluding carboxylic acids is 3. The summed E-state index contributed by atoms with van der Waals surface area (Å²) in [6.07, 6.45) is 2.26. The third-order valence-corrected chi connectivity index (χ3v) is 3.01. The molecule has 1 unspecified atom stereocenters. The van der Waals surface area contributed by atoms with E-state index >= 15 is 0 Å². The number of hydrogen-bond acceptors (Lipinski definition) is 5. The molecule has 0 aliphatic carbocycles. The third-order valence-electron chi connectivity index (χ3n) is 3.01. The molecule has 0 fully saturated rings. The highest BCUT2D eigenvalue weighted by atomic mass is 16.5. The molecule has 0 spiro atoms. The molecule has 0 aliphatic rings. The van der Waals surface area contributed by atoms with Gasteiger partial charge in [0.15, 0.2) is 0 Å². The van der Waals surface area contributed by atoms with Gasteiger partial charge in [-0.25, -0.2) is 0 Å². The number of carbonyl (C=O) groups is 3. The number of ketones is 3. The van der Waals surface area contributed by atoms with Crippen molar-refractivity contribution in [2.45, 2.75) is 64.4 Å². The average molecular weight is 286 g/mol. The highest BCUT2D eigenvalue weighted by molar-refractivity contribution is 5.89. The number of Topliss-reactive ketones (excluding diaryl/α,β-unsaturated/α-hetero) is 3. The molecule has 0 saturated heterocycles. The summed E-state index contributed by atoms with van der Waals surface area (Å²) in [4.78, 5) is 34.4. The molecule has 0 aromatic carbocycles. The van der Waals surface area contributed by atoms with Crippen molar-refractivity contribution in [1.82, 2.24) is 0 Å². The molecule has 0 aromatic heterocycles. The van der Waals surface area contributed by atoms with Gasteiger partial charge in [-0.15, -0.1) is 0 Å². The highest BCUT2D eigenvalue weighted by Gasteiger charge is 2.10. The van der Waals surface area contributed by atoms with E-state index in [2.05, 4.69) is 0 Å². The summed E-state index contributed by atoms with van der Waals surface area (Å²) in [5, 5.41) is 9.05. The van der Waals surface area contributed by atoms with Crippen molar-refractivity contribution in [3.8, 4) is 0 Å². The van der Waals surface area contributed by atoms with Crippen molar-refractivity contribution in [2.24, 2.45) is 0 Å². The molecule has 5 heteroatoms. The first kappa shape index (κ1) is 18.9. The maximum Gasteiger partial charge on any atom is 0.133 e. The van der Waals surface area contributed by atoms with Gasteiger partial charge in [0.1, 0.15) is 17.3 Å². The van der Waals surface area contributed by atoms with Crippen LogP contribution in [0, 0.1) is 0 Å². The van der Waals surface area contributed by atoms with E-state index in [1.165, 1.54) is 0 Å². The Hall–Kier alpha value is -1.07. The van der Waals surface area contributed by atoms with Gasteiger partial charge in [-0.2, -0.15) is 0 Å². The summed E-state index contributed by atoms with van der Waals surface area (Å²) in [6.45, 7) is 2.19. The normalized spacial score (nSPS) is 12.2. The minimum absolute atomic E-state index is 0.00864. The largest absolute Gasteiger partial charge is 0.393 e. The molecule has 20 heavy (non-hydrogen) atoms. The van der Waals surface area contributed by atoms with Crippen LogP contribution in [0.15, 0.2) is 0 Å². The van der Waals surface area contributed by atoms with Gasteiger partial charge in [0.05, 0.1) is 6.10 Å². The number of ether oxygens (including phenoxy) is 1. The van der Waals surface area contributed by atoms with Crippen LogP contribution in [0.2, 0.25) is 0 Å². The Morgan fingerprint density at radius 3 is 1.80 bits per heavy atom. The van der Waals surface area contributed by atoms with Crippen LogP contribution in [-0.4, -0.2) is 42.3 Å². The Balaban J connectivity index is 3.63. The van der Waals surface area contributed by atoms with Crippen LogP contribution < -0.4 is 0 Å². The van der Waals surface area contributed by atoms with E-state index in [1.807, 2.05) is 0 Å². The maximum absolute atomic E-state index is 11.5. The van der Waals surface area contributed by atoms with E-state index < -0.39 is 6.10 Å². The van der Waals surface area contributed by atoms with Crippen molar-refractivity contribution in [3.05, 3.63) is 0 Å². The fourth-order valence-corrected chi connectivity index (χ4v) is 1.72. The summed E-state index contributed by atoms with van der Waals surface area (Å²) in [5.41, 5.74) is 0. The van der Waals surface area contributed by atoms with Crippen LogP contribution in [0.3, 0.4) is 0 Å². The molecular weight excluding hydrogens is 260 g/mol. The molecule has 0 aliphatic heterocycles. The lowest BCUT2D eigenvalue weighted by molar-refractivity contribution is -0.126. The molecule has 1 N–H and O–H groups in total. The topological polar surface area (TPSA) is 80.7 Å². The van der Waals surface area contributed by atoms with E-state index in [0.717, 1.165) is 0 Å². The number of rotatable bonds is 13. The SMILES string of the molecule is COCCCC(=O)CCC(=O)CCC(=O)CCC(C)O. The summed E-state index contributed by atoms with van der Waals surface area (Å²) >= 11 is 0. The van der Waals surface area contributed by atoms with Gasteiger partial charge in [0.25, 0.3) is 0 Å². The molecular formula is C15H26O5. The van der Waals surface area contributed by atoms with Crippen LogP contribution in [0.4, 0.5) is 0 Å². The van der Waals surface area contributed by atoms with Gasteiger partial charge in [-0.1, -0.05) is 0 Å². The van der Waals surface area contributed by atoms with E-state index in [0.29, 0.717) is 32.3 Å². The maximum atomic E-state index is 11.5. The minimum atomic E-state index is -0.487. The van der Waals surface area contributed by atoms with Crippen LogP contribution >= 0.6 is 0 Å². The molecule has 0 aromatic rings. The quantitative estimate of drug-likeness (QED) is 0.522. The van der Waals surface area contributed by atoms with Gasteiger partial charge in [0, 0.05) is 52.2 Å². The van der Waals surface area contributed by atoms with Crippen LogP contribution in [0.25, 0.3) is 0 Å². The van der Waals surface area contributed by atoms with Crippen molar-refractivity contribution in [3.63, 3.8) is 0 Å². The van der Waals surface area contributed by atoms with Crippen molar-refractivity contribution in [1.29, 1.82) is 0 Å². The standard InChI is InChI=1S/C15H26O5/c1-12(16)5-6-14(18)9-10-15(19)8-7-13(17)4-3-11-20-2/h12,16H,3-11H2,1-2H3. The van der Waals surface area contributed by atoms with E-state index in [4.69, 9.17) is 9.84 Å². The second kappa shape index (κ2) is 11.7. The summed E-state index contributed by atoms with van der Waals surface area (Å²) in [6, 6.07) is 0. The Labute approximate surface area is 120 Å². The highest BCUT2D eigenvalue weighted by Crippen LogP contribution is 2.06. The van der Waals surface area contributed by atoms with Crippen molar-refractivity contribution >= 4 is 17.3 Å². The first-order chi connectivity index (χ1) is 9.45. The van der Waals surface area contributed by atoms with Gasteiger partial charge >= 0.3 is 0 Å². The van der Waals surface area contributed by atoms with E-state index in [-0.39, 0.29) is 43.0 Å². The lowest BCUT2D eigenvalue weighted by Crippen LogP contribution is -2.09. The Kier molecular flexibility index (Phi) is 11.1.